The van der Waals surface area contributed by atoms with Gasteiger partial charge in [0.05, 0.1) is 13.0 Å². The van der Waals surface area contributed by atoms with E-state index < -0.39 is 5.97 Å². The first-order valence-electron chi connectivity index (χ1n) is 5.83. The molecular formula is C13H16O4. The SMILES string of the molecule is O=C(O)Cc1cccc(OC2CCCCO2)c1. The third kappa shape index (κ3) is 3.75. The summed E-state index contributed by atoms with van der Waals surface area (Å²) in [6.45, 7) is 0.736. The van der Waals surface area contributed by atoms with E-state index in [2.05, 4.69) is 0 Å². The van der Waals surface area contributed by atoms with Crippen LogP contribution >= 0.6 is 0 Å². The highest BCUT2D eigenvalue weighted by atomic mass is 16.7. The normalized spacial score (nSPS) is 19.9. The van der Waals surface area contributed by atoms with E-state index in [1.165, 1.54) is 0 Å². The smallest absolute Gasteiger partial charge is 0.307 e. The van der Waals surface area contributed by atoms with Gasteiger partial charge in [-0.05, 0) is 30.5 Å². The molecular weight excluding hydrogens is 220 g/mol. The first kappa shape index (κ1) is 11.9. The molecule has 4 heteroatoms. The zero-order valence-corrected chi connectivity index (χ0v) is 9.59. The molecule has 2 rings (SSSR count). The number of carboxylic acid groups (broad SMARTS) is 1. The number of ether oxygens (including phenoxy) is 2. The van der Waals surface area contributed by atoms with E-state index >= 15 is 0 Å². The summed E-state index contributed by atoms with van der Waals surface area (Å²) in [6.07, 6.45) is 2.91. The zero-order valence-electron chi connectivity index (χ0n) is 9.59. The molecule has 4 nitrogen and oxygen atoms in total. The van der Waals surface area contributed by atoms with Crippen LogP contribution in [0.15, 0.2) is 24.3 Å². The summed E-state index contributed by atoms with van der Waals surface area (Å²) in [5, 5.41) is 8.71. The first-order chi connectivity index (χ1) is 8.24. The number of hydrogen-bond acceptors (Lipinski definition) is 3. The molecule has 1 aromatic carbocycles. The lowest BCUT2D eigenvalue weighted by molar-refractivity contribution is -0.136. The first-order valence-corrected chi connectivity index (χ1v) is 5.83. The van der Waals surface area contributed by atoms with Crippen molar-refractivity contribution in [1.82, 2.24) is 0 Å². The van der Waals surface area contributed by atoms with Gasteiger partial charge in [-0.25, -0.2) is 0 Å². The van der Waals surface area contributed by atoms with E-state index in [1.54, 1.807) is 18.2 Å². The van der Waals surface area contributed by atoms with E-state index in [-0.39, 0.29) is 12.7 Å². The molecule has 92 valence electrons. The number of hydrogen-bond donors (Lipinski definition) is 1. The minimum Gasteiger partial charge on any atom is -0.481 e. The van der Waals surface area contributed by atoms with Gasteiger partial charge in [0.15, 0.2) is 6.29 Å². The predicted octanol–water partition coefficient (Wildman–Crippen LogP) is 2.22. The maximum Gasteiger partial charge on any atom is 0.307 e. The Balaban J connectivity index is 1.97. The highest BCUT2D eigenvalue weighted by Gasteiger charge is 2.15. The van der Waals surface area contributed by atoms with Crippen molar-refractivity contribution in [3.63, 3.8) is 0 Å². The van der Waals surface area contributed by atoms with Crippen molar-refractivity contribution in [3.8, 4) is 5.75 Å². The monoisotopic (exact) mass is 236 g/mol. The highest BCUT2D eigenvalue weighted by Crippen LogP contribution is 2.20. The van der Waals surface area contributed by atoms with E-state index in [0.29, 0.717) is 5.75 Å². The van der Waals surface area contributed by atoms with E-state index in [1.807, 2.05) is 6.07 Å². The second-order valence-electron chi connectivity index (χ2n) is 4.13. The quantitative estimate of drug-likeness (QED) is 0.870. The Kier molecular flexibility index (Phi) is 3.98. The predicted molar refractivity (Wildman–Crippen MR) is 62.0 cm³/mol. The minimum atomic E-state index is -0.837. The van der Waals surface area contributed by atoms with Gasteiger partial charge in [0, 0.05) is 6.42 Å². The van der Waals surface area contributed by atoms with Gasteiger partial charge in [-0.3, -0.25) is 4.79 Å². The number of carboxylic acids is 1. The Bertz CT molecular complexity index is 383. The van der Waals surface area contributed by atoms with Crippen molar-refractivity contribution < 1.29 is 19.4 Å². The average molecular weight is 236 g/mol. The Morgan fingerprint density at radius 2 is 2.35 bits per heavy atom. The lowest BCUT2D eigenvalue weighted by atomic mass is 10.1. The van der Waals surface area contributed by atoms with Crippen LogP contribution in [0.5, 0.6) is 5.75 Å². The van der Waals surface area contributed by atoms with Crippen molar-refractivity contribution in [2.75, 3.05) is 6.61 Å². The molecule has 1 aliphatic rings. The van der Waals surface area contributed by atoms with Crippen LogP contribution in [0.2, 0.25) is 0 Å². The molecule has 1 aliphatic heterocycles. The standard InChI is InChI=1S/C13H16O4/c14-12(15)9-10-4-3-5-11(8-10)17-13-6-1-2-7-16-13/h3-5,8,13H,1-2,6-7,9H2,(H,14,15). The van der Waals surface area contributed by atoms with Crippen LogP contribution in [0.3, 0.4) is 0 Å². The summed E-state index contributed by atoms with van der Waals surface area (Å²) in [4.78, 5) is 10.6. The van der Waals surface area contributed by atoms with E-state index in [9.17, 15) is 4.79 Å². The molecule has 1 N–H and O–H groups in total. The van der Waals surface area contributed by atoms with Crippen LogP contribution in [-0.4, -0.2) is 24.0 Å². The van der Waals surface area contributed by atoms with Gasteiger partial charge in [-0.2, -0.15) is 0 Å². The fourth-order valence-electron chi connectivity index (χ4n) is 1.86. The lowest BCUT2D eigenvalue weighted by Crippen LogP contribution is -2.25. The molecule has 1 atom stereocenters. The van der Waals surface area contributed by atoms with Gasteiger partial charge in [0.25, 0.3) is 0 Å². The van der Waals surface area contributed by atoms with Gasteiger partial charge < -0.3 is 14.6 Å². The summed E-state index contributed by atoms with van der Waals surface area (Å²) in [5.74, 6) is -0.160. The van der Waals surface area contributed by atoms with Gasteiger partial charge in [-0.1, -0.05) is 12.1 Å². The van der Waals surface area contributed by atoms with E-state index in [0.717, 1.165) is 31.4 Å². The topological polar surface area (TPSA) is 55.8 Å². The lowest BCUT2D eigenvalue weighted by Gasteiger charge is -2.23. The van der Waals surface area contributed by atoms with Crippen LogP contribution in [0, 0.1) is 0 Å². The largest absolute Gasteiger partial charge is 0.481 e. The van der Waals surface area contributed by atoms with Gasteiger partial charge in [-0.15, -0.1) is 0 Å². The van der Waals surface area contributed by atoms with E-state index in [4.69, 9.17) is 14.6 Å². The maximum atomic E-state index is 10.6. The molecule has 0 aromatic heterocycles. The molecule has 0 bridgehead atoms. The van der Waals surface area contributed by atoms with Crippen molar-refractivity contribution >= 4 is 5.97 Å². The Labute approximate surface area is 100 Å². The van der Waals surface area contributed by atoms with Gasteiger partial charge >= 0.3 is 5.97 Å². The molecule has 0 spiro atoms. The molecule has 1 aromatic rings. The summed E-state index contributed by atoms with van der Waals surface area (Å²) in [7, 11) is 0. The molecule has 1 fully saturated rings. The van der Waals surface area contributed by atoms with Crippen LogP contribution < -0.4 is 4.74 Å². The molecule has 0 aliphatic carbocycles. The van der Waals surface area contributed by atoms with Gasteiger partial charge in [0.2, 0.25) is 0 Å². The second-order valence-corrected chi connectivity index (χ2v) is 4.13. The fourth-order valence-corrected chi connectivity index (χ4v) is 1.86. The average Bonchev–Trinajstić information content (AvgIpc) is 2.30. The molecule has 1 saturated heterocycles. The van der Waals surface area contributed by atoms with Crippen LogP contribution in [0.4, 0.5) is 0 Å². The number of rotatable bonds is 4. The summed E-state index contributed by atoms with van der Waals surface area (Å²) in [6, 6.07) is 7.16. The minimum absolute atomic E-state index is 0.0166. The fraction of sp³-hybridized carbons (Fsp3) is 0.462. The molecule has 0 amide bonds. The third-order valence-electron chi connectivity index (χ3n) is 2.66. The molecule has 0 radical (unpaired) electrons. The Morgan fingerprint density at radius 3 is 3.06 bits per heavy atom. The molecule has 1 heterocycles. The summed E-state index contributed by atoms with van der Waals surface area (Å²) in [5.41, 5.74) is 0.741. The Morgan fingerprint density at radius 1 is 1.47 bits per heavy atom. The van der Waals surface area contributed by atoms with Crippen LogP contribution in [0.1, 0.15) is 24.8 Å². The molecule has 17 heavy (non-hydrogen) atoms. The maximum absolute atomic E-state index is 10.6. The van der Waals surface area contributed by atoms with Gasteiger partial charge in [0.1, 0.15) is 5.75 Å². The van der Waals surface area contributed by atoms with Crippen LogP contribution in [0.25, 0.3) is 0 Å². The highest BCUT2D eigenvalue weighted by molar-refractivity contribution is 5.70. The molecule has 1 unspecified atom stereocenters. The number of carbonyl (C=O) groups is 1. The summed E-state index contributed by atoms with van der Waals surface area (Å²) < 4.78 is 11.1. The second kappa shape index (κ2) is 5.68. The Hall–Kier alpha value is -1.55. The zero-order chi connectivity index (χ0) is 12.1. The van der Waals surface area contributed by atoms with Crippen molar-refractivity contribution in [2.45, 2.75) is 32.0 Å². The molecule has 0 saturated carbocycles. The van der Waals surface area contributed by atoms with Crippen LogP contribution in [-0.2, 0) is 16.0 Å². The van der Waals surface area contributed by atoms with Crippen molar-refractivity contribution in [3.05, 3.63) is 29.8 Å². The van der Waals surface area contributed by atoms with Crippen molar-refractivity contribution in [2.24, 2.45) is 0 Å². The summed E-state index contributed by atoms with van der Waals surface area (Å²) >= 11 is 0. The number of benzene rings is 1. The number of aliphatic carboxylic acids is 1. The van der Waals surface area contributed by atoms with Crippen molar-refractivity contribution in [1.29, 1.82) is 0 Å². The third-order valence-corrected chi connectivity index (χ3v) is 2.66.